The van der Waals surface area contributed by atoms with Crippen molar-refractivity contribution in [1.29, 1.82) is 0 Å². The zero-order valence-electron chi connectivity index (χ0n) is 11.2. The van der Waals surface area contributed by atoms with Crippen molar-refractivity contribution < 1.29 is 9.90 Å². The number of aromatic carboxylic acids is 1. The number of fused-ring (bicyclic) bond motifs is 1. The van der Waals surface area contributed by atoms with Crippen LogP contribution >= 0.6 is 11.6 Å². The third-order valence-corrected chi connectivity index (χ3v) is 3.37. The van der Waals surface area contributed by atoms with Crippen molar-refractivity contribution in [3.05, 3.63) is 29.1 Å². The number of rotatable bonds is 3. The lowest BCUT2D eigenvalue weighted by Gasteiger charge is -2.02. The van der Waals surface area contributed by atoms with E-state index >= 15 is 0 Å². The van der Waals surface area contributed by atoms with Gasteiger partial charge < -0.3 is 10.1 Å². The molecule has 2 N–H and O–H groups in total. The minimum atomic E-state index is -1.12. The molecule has 0 aliphatic carbocycles. The first-order valence-electron chi connectivity index (χ1n) is 6.17. The Balaban J connectivity index is 2.31. The van der Waals surface area contributed by atoms with Gasteiger partial charge in [0.25, 0.3) is 0 Å². The fraction of sp³-hybridized carbons (Fsp3) is 0.250. The summed E-state index contributed by atoms with van der Waals surface area (Å²) in [5.74, 6) is -0.851. The number of nitrogens with zero attached hydrogens (tertiary/aromatic N) is 5. The van der Waals surface area contributed by atoms with Crippen LogP contribution in [0.1, 0.15) is 35.8 Å². The number of halogens is 1. The molecule has 3 heterocycles. The molecular formula is C12H11ClN6O2. The Morgan fingerprint density at radius 3 is 2.76 bits per heavy atom. The molecule has 0 unspecified atom stereocenters. The predicted molar refractivity (Wildman–Crippen MR) is 74.9 cm³/mol. The van der Waals surface area contributed by atoms with E-state index in [9.17, 15) is 9.90 Å². The van der Waals surface area contributed by atoms with E-state index in [0.717, 1.165) is 0 Å². The Labute approximate surface area is 123 Å². The highest BCUT2D eigenvalue weighted by Crippen LogP contribution is 2.29. The number of aromatic nitrogens is 6. The Morgan fingerprint density at radius 2 is 2.14 bits per heavy atom. The van der Waals surface area contributed by atoms with Crippen LogP contribution < -0.4 is 0 Å². The van der Waals surface area contributed by atoms with Gasteiger partial charge in [-0.1, -0.05) is 25.4 Å². The number of hydrogen-bond donors (Lipinski definition) is 2. The fourth-order valence-corrected chi connectivity index (χ4v) is 2.36. The van der Waals surface area contributed by atoms with E-state index in [-0.39, 0.29) is 16.6 Å². The van der Waals surface area contributed by atoms with Gasteiger partial charge >= 0.3 is 5.97 Å². The molecular weight excluding hydrogens is 296 g/mol. The molecule has 0 fully saturated rings. The van der Waals surface area contributed by atoms with Crippen LogP contribution in [0.5, 0.6) is 0 Å². The molecule has 0 aromatic carbocycles. The Bertz CT molecular complexity index is 838. The highest BCUT2D eigenvalue weighted by atomic mass is 35.5. The van der Waals surface area contributed by atoms with Gasteiger partial charge in [0.1, 0.15) is 22.6 Å². The molecule has 8 nitrogen and oxygen atoms in total. The van der Waals surface area contributed by atoms with Crippen molar-refractivity contribution in [3.8, 4) is 5.82 Å². The third-order valence-electron chi connectivity index (χ3n) is 3.02. The average Bonchev–Trinajstić information content (AvgIpc) is 3.02. The van der Waals surface area contributed by atoms with Crippen LogP contribution in [0.25, 0.3) is 17.0 Å². The number of aromatic amines is 1. The average molecular weight is 307 g/mol. The van der Waals surface area contributed by atoms with Crippen molar-refractivity contribution in [1.82, 2.24) is 29.7 Å². The van der Waals surface area contributed by atoms with E-state index in [1.165, 1.54) is 17.3 Å². The predicted octanol–water partition coefficient (Wildman–Crippen LogP) is 2.01. The van der Waals surface area contributed by atoms with E-state index in [1.807, 2.05) is 13.8 Å². The van der Waals surface area contributed by atoms with Crippen molar-refractivity contribution >= 4 is 28.7 Å². The summed E-state index contributed by atoms with van der Waals surface area (Å²) in [6.45, 7) is 3.70. The van der Waals surface area contributed by atoms with E-state index in [2.05, 4.69) is 25.0 Å². The van der Waals surface area contributed by atoms with E-state index in [0.29, 0.717) is 22.7 Å². The number of imidazole rings is 1. The molecule has 108 valence electrons. The first kappa shape index (κ1) is 13.5. The van der Waals surface area contributed by atoms with Crippen LogP contribution in [0.3, 0.4) is 0 Å². The maximum Gasteiger partial charge on any atom is 0.340 e. The third kappa shape index (κ3) is 2.04. The Morgan fingerprint density at radius 1 is 1.38 bits per heavy atom. The molecule has 0 aliphatic heterocycles. The fourth-order valence-electron chi connectivity index (χ4n) is 2.07. The summed E-state index contributed by atoms with van der Waals surface area (Å²) in [6.07, 6.45) is 2.80. The molecule has 3 rings (SSSR count). The van der Waals surface area contributed by atoms with Gasteiger partial charge in [-0.2, -0.15) is 5.10 Å². The molecule has 0 amide bonds. The van der Waals surface area contributed by atoms with Gasteiger partial charge in [0.2, 0.25) is 0 Å². The van der Waals surface area contributed by atoms with Crippen LogP contribution in [0, 0.1) is 0 Å². The normalized spacial score (nSPS) is 11.4. The summed E-state index contributed by atoms with van der Waals surface area (Å²) in [5.41, 5.74) is 1.38. The standard InChI is InChI=1S/C12H11ClN6O2/c1-5(2)7-6(12(20)21)9(13)19(18-7)11-8-10(15-3-14-8)16-4-17-11/h3-5H,1-2H3,(H,20,21)(H,14,15,16,17). The Kier molecular flexibility index (Phi) is 3.09. The van der Waals surface area contributed by atoms with Crippen LogP contribution in [-0.4, -0.2) is 40.8 Å². The van der Waals surface area contributed by atoms with E-state index < -0.39 is 5.97 Å². The van der Waals surface area contributed by atoms with Crippen LogP contribution in [0.2, 0.25) is 5.15 Å². The lowest BCUT2D eigenvalue weighted by molar-refractivity contribution is 0.0695. The molecule has 0 bridgehead atoms. The topological polar surface area (TPSA) is 110 Å². The van der Waals surface area contributed by atoms with Crippen molar-refractivity contribution in [2.24, 2.45) is 0 Å². The molecule has 3 aromatic rings. The summed E-state index contributed by atoms with van der Waals surface area (Å²) >= 11 is 6.20. The second-order valence-electron chi connectivity index (χ2n) is 4.72. The minimum absolute atomic E-state index is 0.000741. The molecule has 9 heteroatoms. The zero-order chi connectivity index (χ0) is 15.1. The highest BCUT2D eigenvalue weighted by Gasteiger charge is 2.26. The second-order valence-corrected chi connectivity index (χ2v) is 5.08. The smallest absolute Gasteiger partial charge is 0.340 e. The molecule has 0 spiro atoms. The first-order chi connectivity index (χ1) is 10.0. The molecule has 0 aliphatic rings. The van der Waals surface area contributed by atoms with Gasteiger partial charge in [0.15, 0.2) is 11.5 Å². The summed E-state index contributed by atoms with van der Waals surface area (Å²) < 4.78 is 1.29. The molecule has 0 atom stereocenters. The van der Waals surface area contributed by atoms with Crippen molar-refractivity contribution in [3.63, 3.8) is 0 Å². The van der Waals surface area contributed by atoms with Gasteiger partial charge in [0.05, 0.1) is 12.0 Å². The SMILES string of the molecule is CC(C)c1nn(-c2ncnc3nc[nH]c23)c(Cl)c1C(=O)O. The quantitative estimate of drug-likeness (QED) is 0.766. The van der Waals surface area contributed by atoms with Crippen LogP contribution in [0.4, 0.5) is 0 Å². The van der Waals surface area contributed by atoms with Gasteiger partial charge in [-0.05, 0) is 5.92 Å². The van der Waals surface area contributed by atoms with Crippen molar-refractivity contribution in [2.75, 3.05) is 0 Å². The largest absolute Gasteiger partial charge is 0.478 e. The first-order valence-corrected chi connectivity index (χ1v) is 6.54. The molecule has 0 radical (unpaired) electrons. The van der Waals surface area contributed by atoms with Crippen LogP contribution in [-0.2, 0) is 0 Å². The van der Waals surface area contributed by atoms with Gasteiger partial charge in [-0.25, -0.2) is 24.4 Å². The number of carbonyl (C=O) groups is 1. The second kappa shape index (κ2) is 4.81. The van der Waals surface area contributed by atoms with Crippen molar-refractivity contribution in [2.45, 2.75) is 19.8 Å². The molecule has 21 heavy (non-hydrogen) atoms. The Hall–Kier alpha value is -2.48. The summed E-state index contributed by atoms with van der Waals surface area (Å²) in [5, 5.41) is 13.6. The number of hydrogen-bond acceptors (Lipinski definition) is 5. The number of H-pyrrole nitrogens is 1. The lowest BCUT2D eigenvalue weighted by atomic mass is 10.1. The summed E-state index contributed by atoms with van der Waals surface area (Å²) in [4.78, 5) is 26.5. The van der Waals surface area contributed by atoms with Gasteiger partial charge in [0, 0.05) is 0 Å². The highest BCUT2D eigenvalue weighted by molar-refractivity contribution is 6.33. The number of carboxylic acids is 1. The molecule has 3 aromatic heterocycles. The molecule has 0 saturated heterocycles. The van der Waals surface area contributed by atoms with E-state index in [4.69, 9.17) is 11.6 Å². The summed E-state index contributed by atoms with van der Waals surface area (Å²) in [7, 11) is 0. The van der Waals surface area contributed by atoms with E-state index in [1.54, 1.807) is 0 Å². The molecule has 0 saturated carbocycles. The zero-order valence-corrected chi connectivity index (χ0v) is 12.0. The van der Waals surface area contributed by atoms with Gasteiger partial charge in [-0.3, -0.25) is 0 Å². The van der Waals surface area contributed by atoms with Crippen LogP contribution in [0.15, 0.2) is 12.7 Å². The number of nitrogens with one attached hydrogen (secondary N) is 1. The van der Waals surface area contributed by atoms with Gasteiger partial charge in [-0.15, -0.1) is 0 Å². The lowest BCUT2D eigenvalue weighted by Crippen LogP contribution is -2.03. The maximum absolute atomic E-state index is 11.4. The summed E-state index contributed by atoms with van der Waals surface area (Å²) in [6, 6.07) is 0. The minimum Gasteiger partial charge on any atom is -0.478 e. The maximum atomic E-state index is 11.4. The monoisotopic (exact) mass is 306 g/mol. The number of carboxylic acid groups (broad SMARTS) is 1.